The van der Waals surface area contributed by atoms with Crippen molar-refractivity contribution in [1.29, 1.82) is 0 Å². The molecule has 0 fully saturated rings. The van der Waals surface area contributed by atoms with Gasteiger partial charge in [0.1, 0.15) is 5.69 Å². The Morgan fingerprint density at radius 1 is 0.947 bits per heavy atom. The summed E-state index contributed by atoms with van der Waals surface area (Å²) >= 11 is 0. The summed E-state index contributed by atoms with van der Waals surface area (Å²) in [6.07, 6.45) is -6.36. The Morgan fingerprint density at radius 3 is 1.74 bits per heavy atom. The summed E-state index contributed by atoms with van der Waals surface area (Å²) in [5, 5.41) is 4.89. The number of aromatic nitrogens is 2. The predicted molar refractivity (Wildman–Crippen MR) is 52.2 cm³/mol. The molecule has 0 aromatic carbocycles. The van der Waals surface area contributed by atoms with Crippen molar-refractivity contribution in [2.24, 2.45) is 0 Å². The lowest BCUT2D eigenvalue weighted by atomic mass is 9.91. The number of nitrogens with zero attached hydrogens (tertiary/aromatic N) is 1. The molecular weight excluding hydrogens is 281 g/mol. The molecule has 0 aliphatic rings. The van der Waals surface area contributed by atoms with Gasteiger partial charge in [0.05, 0.1) is 5.69 Å². The average Bonchev–Trinajstić information content (AvgIpc) is 2.63. The van der Waals surface area contributed by atoms with Crippen LogP contribution in [0.2, 0.25) is 0 Å². The van der Waals surface area contributed by atoms with Gasteiger partial charge < -0.3 is 0 Å². The van der Waals surface area contributed by atoms with Crippen molar-refractivity contribution < 1.29 is 30.7 Å². The van der Waals surface area contributed by atoms with Crippen LogP contribution in [0, 0.1) is 0 Å². The molecule has 0 saturated carbocycles. The van der Waals surface area contributed by atoms with Gasteiger partial charge in [0.2, 0.25) is 0 Å². The first kappa shape index (κ1) is 15.8. The van der Waals surface area contributed by atoms with Gasteiger partial charge in [0, 0.05) is 5.41 Å². The molecule has 1 rings (SSSR count). The average molecular weight is 292 g/mol. The largest absolute Gasteiger partial charge is 0.460 e. The van der Waals surface area contributed by atoms with Gasteiger partial charge in [-0.25, -0.2) is 0 Å². The van der Waals surface area contributed by atoms with Crippen LogP contribution in [0.4, 0.5) is 30.7 Å². The van der Waals surface area contributed by atoms with Gasteiger partial charge in [-0.1, -0.05) is 20.8 Å². The molecule has 110 valence electrons. The summed E-state index contributed by atoms with van der Waals surface area (Å²) in [7, 11) is 0. The second-order valence-corrected chi connectivity index (χ2v) is 5.06. The van der Waals surface area contributed by atoms with Crippen LogP contribution < -0.4 is 0 Å². The summed E-state index contributed by atoms with van der Waals surface area (Å²) in [5.41, 5.74) is -2.38. The van der Waals surface area contributed by atoms with Gasteiger partial charge >= 0.3 is 18.0 Å². The maximum Gasteiger partial charge on any atom is 0.460 e. The molecular formula is C10H11F7N2. The standard InChI is InChI=1S/C10H11F7N2/c1-7(2,3)5-4-6(19-18-5)8(11,12)9(13,14)10(15,16)17/h4H,1-3H3,(H,18,19). The van der Waals surface area contributed by atoms with E-state index in [1.165, 1.54) is 0 Å². The van der Waals surface area contributed by atoms with E-state index in [0.717, 1.165) is 0 Å². The Balaban J connectivity index is 3.25. The fourth-order valence-corrected chi connectivity index (χ4v) is 1.21. The molecule has 2 nitrogen and oxygen atoms in total. The zero-order valence-electron chi connectivity index (χ0n) is 10.2. The van der Waals surface area contributed by atoms with E-state index < -0.39 is 29.1 Å². The van der Waals surface area contributed by atoms with Crippen molar-refractivity contribution in [1.82, 2.24) is 10.2 Å². The highest BCUT2D eigenvalue weighted by Gasteiger charge is 2.74. The molecule has 9 heteroatoms. The first-order valence-corrected chi connectivity index (χ1v) is 5.10. The smallest absolute Gasteiger partial charge is 0.276 e. The van der Waals surface area contributed by atoms with Crippen molar-refractivity contribution >= 4 is 0 Å². The van der Waals surface area contributed by atoms with Gasteiger partial charge in [-0.2, -0.15) is 35.8 Å². The normalized spacial score (nSPS) is 14.8. The minimum Gasteiger partial charge on any atom is -0.276 e. The number of alkyl halides is 7. The molecule has 1 heterocycles. The number of rotatable bonds is 2. The second kappa shape index (κ2) is 4.11. The van der Waals surface area contributed by atoms with Crippen LogP contribution in [-0.4, -0.2) is 22.3 Å². The predicted octanol–water partition coefficient (Wildman–Crippen LogP) is 4.00. The van der Waals surface area contributed by atoms with Crippen LogP contribution >= 0.6 is 0 Å². The van der Waals surface area contributed by atoms with Crippen molar-refractivity contribution in [2.75, 3.05) is 0 Å². The number of aromatic amines is 1. The topological polar surface area (TPSA) is 28.7 Å². The van der Waals surface area contributed by atoms with Gasteiger partial charge in [0.15, 0.2) is 0 Å². The van der Waals surface area contributed by atoms with Gasteiger partial charge in [-0.15, -0.1) is 0 Å². The van der Waals surface area contributed by atoms with Crippen LogP contribution in [0.15, 0.2) is 6.07 Å². The number of halogens is 7. The summed E-state index contributed by atoms with van der Waals surface area (Å²) < 4.78 is 88.1. The number of hydrogen-bond donors (Lipinski definition) is 1. The monoisotopic (exact) mass is 292 g/mol. The van der Waals surface area contributed by atoms with E-state index in [2.05, 4.69) is 5.10 Å². The van der Waals surface area contributed by atoms with Crippen LogP contribution in [0.25, 0.3) is 0 Å². The molecule has 0 aliphatic carbocycles. The quantitative estimate of drug-likeness (QED) is 0.820. The van der Waals surface area contributed by atoms with Crippen molar-refractivity contribution in [3.63, 3.8) is 0 Å². The lowest BCUT2D eigenvalue weighted by Gasteiger charge is -2.27. The maximum atomic E-state index is 13.3. The first-order chi connectivity index (χ1) is 8.21. The van der Waals surface area contributed by atoms with E-state index in [0.29, 0.717) is 6.07 Å². The van der Waals surface area contributed by atoms with E-state index in [1.807, 2.05) is 0 Å². The minimum atomic E-state index is -6.36. The number of hydrogen-bond acceptors (Lipinski definition) is 1. The summed E-state index contributed by atoms with van der Waals surface area (Å²) in [6, 6.07) is 0.514. The summed E-state index contributed by atoms with van der Waals surface area (Å²) in [5.74, 6) is -11.6. The van der Waals surface area contributed by atoms with Gasteiger partial charge in [0.25, 0.3) is 0 Å². The van der Waals surface area contributed by atoms with E-state index in [9.17, 15) is 30.7 Å². The molecule has 1 aromatic rings. The van der Waals surface area contributed by atoms with Crippen molar-refractivity contribution in [3.8, 4) is 0 Å². The Hall–Kier alpha value is -1.28. The van der Waals surface area contributed by atoms with Crippen LogP contribution in [-0.2, 0) is 11.3 Å². The third-order valence-corrected chi connectivity index (χ3v) is 2.43. The van der Waals surface area contributed by atoms with E-state index in [-0.39, 0.29) is 5.69 Å². The molecule has 1 aromatic heterocycles. The van der Waals surface area contributed by atoms with E-state index in [4.69, 9.17) is 0 Å². The fourth-order valence-electron chi connectivity index (χ4n) is 1.21. The highest BCUT2D eigenvalue weighted by Crippen LogP contribution is 2.51. The molecule has 0 aliphatic heterocycles. The van der Waals surface area contributed by atoms with E-state index in [1.54, 1.807) is 25.9 Å². The first-order valence-electron chi connectivity index (χ1n) is 5.10. The van der Waals surface area contributed by atoms with Crippen molar-refractivity contribution in [2.45, 2.75) is 44.2 Å². The summed E-state index contributed by atoms with van der Waals surface area (Å²) in [4.78, 5) is 0. The Bertz CT molecular complexity index is 453. The van der Waals surface area contributed by atoms with Crippen LogP contribution in [0.1, 0.15) is 32.2 Å². The molecule has 0 spiro atoms. The molecule has 0 bridgehead atoms. The van der Waals surface area contributed by atoms with E-state index >= 15 is 0 Å². The molecule has 0 saturated heterocycles. The lowest BCUT2D eigenvalue weighted by molar-refractivity contribution is -0.360. The third-order valence-electron chi connectivity index (χ3n) is 2.43. The lowest BCUT2D eigenvalue weighted by Crippen LogP contribution is -2.50. The molecule has 0 atom stereocenters. The summed E-state index contributed by atoms with van der Waals surface area (Å²) in [6.45, 7) is 4.65. The van der Waals surface area contributed by atoms with Crippen LogP contribution in [0.5, 0.6) is 0 Å². The molecule has 19 heavy (non-hydrogen) atoms. The highest BCUT2D eigenvalue weighted by atomic mass is 19.4. The number of H-pyrrole nitrogens is 1. The maximum absolute atomic E-state index is 13.3. The molecule has 0 unspecified atom stereocenters. The Morgan fingerprint density at radius 2 is 1.42 bits per heavy atom. The van der Waals surface area contributed by atoms with Gasteiger partial charge in [-0.05, 0) is 6.07 Å². The highest BCUT2D eigenvalue weighted by molar-refractivity contribution is 5.22. The molecule has 1 N–H and O–H groups in total. The van der Waals surface area contributed by atoms with Gasteiger partial charge in [-0.3, -0.25) is 5.10 Å². The fraction of sp³-hybridized carbons (Fsp3) is 0.700. The Kier molecular flexibility index (Phi) is 3.41. The Labute approximate surface area is 104 Å². The minimum absolute atomic E-state index is 0.0415. The zero-order chi connectivity index (χ0) is 15.3. The molecule has 0 amide bonds. The van der Waals surface area contributed by atoms with Crippen molar-refractivity contribution in [3.05, 3.63) is 17.5 Å². The SMILES string of the molecule is CC(C)(C)c1cc(C(F)(F)C(F)(F)C(F)(F)F)[nH]n1. The third kappa shape index (κ3) is 2.55. The van der Waals surface area contributed by atoms with Crippen LogP contribution in [0.3, 0.4) is 0 Å². The number of nitrogens with one attached hydrogen (secondary N) is 1. The second-order valence-electron chi connectivity index (χ2n) is 5.06. The zero-order valence-corrected chi connectivity index (χ0v) is 10.2. The molecule has 0 radical (unpaired) electrons.